The van der Waals surface area contributed by atoms with Crippen molar-refractivity contribution in [1.29, 1.82) is 0 Å². The Morgan fingerprint density at radius 1 is 1.22 bits per heavy atom. The molecule has 0 N–H and O–H groups in total. The van der Waals surface area contributed by atoms with Crippen molar-refractivity contribution in [2.45, 2.75) is 0 Å². The summed E-state index contributed by atoms with van der Waals surface area (Å²) in [5.74, 6) is 0.533. The van der Waals surface area contributed by atoms with Crippen LogP contribution < -0.4 is 4.90 Å². The largest absolute Gasteiger partial charge is 0.450 e. The van der Waals surface area contributed by atoms with Crippen molar-refractivity contribution in [2.24, 2.45) is 0 Å². The fourth-order valence-electron chi connectivity index (χ4n) is 1.46. The fourth-order valence-corrected chi connectivity index (χ4v) is 1.78. The smallest absolute Gasteiger partial charge is 0.250 e. The van der Waals surface area contributed by atoms with Gasteiger partial charge in [-0.3, -0.25) is 4.79 Å². The number of nitrogens with zero attached hydrogens (tertiary/aromatic N) is 1. The Morgan fingerprint density at radius 3 is 2.56 bits per heavy atom. The van der Waals surface area contributed by atoms with Crippen molar-refractivity contribution >= 4 is 33.6 Å². The first-order valence-corrected chi connectivity index (χ1v) is 6.22. The summed E-state index contributed by atoms with van der Waals surface area (Å²) in [7, 11) is 1.74. The molecule has 1 heterocycles. The first-order valence-electron chi connectivity index (χ1n) is 5.43. The van der Waals surface area contributed by atoms with Crippen molar-refractivity contribution in [1.82, 2.24) is 0 Å². The van der Waals surface area contributed by atoms with E-state index in [1.165, 1.54) is 6.08 Å². The summed E-state index contributed by atoms with van der Waals surface area (Å²) in [5, 5.41) is 0. The van der Waals surface area contributed by atoms with E-state index < -0.39 is 0 Å². The van der Waals surface area contributed by atoms with Gasteiger partial charge in [-0.15, -0.1) is 0 Å². The molecule has 0 unspecified atom stereocenters. The molecule has 1 amide bonds. The van der Waals surface area contributed by atoms with Crippen molar-refractivity contribution in [3.05, 3.63) is 59.0 Å². The highest BCUT2D eigenvalue weighted by molar-refractivity contribution is 9.10. The number of benzene rings is 1. The lowest BCUT2D eigenvalue weighted by atomic mass is 10.3. The quantitative estimate of drug-likeness (QED) is 0.810. The summed E-state index contributed by atoms with van der Waals surface area (Å²) in [6.07, 6.45) is 3.13. The van der Waals surface area contributed by atoms with Crippen molar-refractivity contribution < 1.29 is 9.21 Å². The maximum Gasteiger partial charge on any atom is 0.250 e. The van der Waals surface area contributed by atoms with E-state index in [1.807, 2.05) is 30.3 Å². The summed E-state index contributed by atoms with van der Waals surface area (Å²) >= 11 is 3.21. The summed E-state index contributed by atoms with van der Waals surface area (Å²) in [6.45, 7) is 0. The van der Waals surface area contributed by atoms with E-state index in [4.69, 9.17) is 4.42 Å². The average molecular weight is 306 g/mol. The molecule has 0 spiro atoms. The molecule has 1 aromatic heterocycles. The number of likely N-dealkylation sites (N-methyl/N-ethyl adjacent to an activating group) is 1. The number of carbonyl (C=O) groups excluding carboxylic acids is 1. The minimum absolute atomic E-state index is 0.103. The highest BCUT2D eigenvalue weighted by Crippen LogP contribution is 2.16. The average Bonchev–Trinajstić information content (AvgIpc) is 2.82. The Morgan fingerprint density at radius 2 is 1.94 bits per heavy atom. The van der Waals surface area contributed by atoms with Gasteiger partial charge in [0, 0.05) is 18.8 Å². The van der Waals surface area contributed by atoms with E-state index >= 15 is 0 Å². The lowest BCUT2D eigenvalue weighted by Crippen LogP contribution is -2.23. The number of hydrogen-bond acceptors (Lipinski definition) is 2. The monoisotopic (exact) mass is 305 g/mol. The van der Waals surface area contributed by atoms with Crippen LogP contribution in [0.2, 0.25) is 0 Å². The van der Waals surface area contributed by atoms with Gasteiger partial charge < -0.3 is 9.32 Å². The second kappa shape index (κ2) is 5.69. The summed E-state index contributed by atoms with van der Waals surface area (Å²) in [4.78, 5) is 13.5. The van der Waals surface area contributed by atoms with E-state index in [0.717, 1.165) is 5.69 Å². The number of amides is 1. The molecule has 0 aliphatic rings. The Labute approximate surface area is 114 Å². The van der Waals surface area contributed by atoms with Gasteiger partial charge in [0.15, 0.2) is 4.67 Å². The number of furan rings is 1. The molecular formula is C14H12BrNO2. The number of rotatable bonds is 3. The van der Waals surface area contributed by atoms with Gasteiger partial charge in [0.2, 0.25) is 0 Å². The van der Waals surface area contributed by atoms with Gasteiger partial charge in [-0.05, 0) is 46.3 Å². The number of para-hydroxylation sites is 1. The van der Waals surface area contributed by atoms with Crippen LogP contribution in [0.4, 0.5) is 5.69 Å². The maximum atomic E-state index is 11.9. The van der Waals surface area contributed by atoms with E-state index in [9.17, 15) is 4.79 Å². The van der Waals surface area contributed by atoms with Crippen LogP contribution in [0.3, 0.4) is 0 Å². The second-order valence-electron chi connectivity index (χ2n) is 3.71. The van der Waals surface area contributed by atoms with E-state index in [-0.39, 0.29) is 5.91 Å². The normalized spacial score (nSPS) is 10.8. The third-order valence-corrected chi connectivity index (χ3v) is 2.88. The fraction of sp³-hybridized carbons (Fsp3) is 0.0714. The third-order valence-electron chi connectivity index (χ3n) is 2.46. The molecule has 0 radical (unpaired) electrons. The van der Waals surface area contributed by atoms with Gasteiger partial charge in [-0.1, -0.05) is 18.2 Å². The van der Waals surface area contributed by atoms with Crippen LogP contribution in [0.15, 0.2) is 57.6 Å². The molecule has 0 saturated heterocycles. The molecule has 18 heavy (non-hydrogen) atoms. The van der Waals surface area contributed by atoms with Crippen LogP contribution in [0.5, 0.6) is 0 Å². The third kappa shape index (κ3) is 3.11. The zero-order valence-corrected chi connectivity index (χ0v) is 11.4. The Kier molecular flexibility index (Phi) is 3.99. The first-order chi connectivity index (χ1) is 8.66. The lowest BCUT2D eigenvalue weighted by molar-refractivity contribution is -0.113. The van der Waals surface area contributed by atoms with Crippen LogP contribution in [-0.2, 0) is 4.79 Å². The number of hydrogen-bond donors (Lipinski definition) is 0. The van der Waals surface area contributed by atoms with Gasteiger partial charge in [-0.2, -0.15) is 0 Å². The summed E-state index contributed by atoms with van der Waals surface area (Å²) < 4.78 is 5.92. The van der Waals surface area contributed by atoms with Crippen LogP contribution in [0, 0.1) is 0 Å². The molecule has 3 nitrogen and oxygen atoms in total. The molecular weight excluding hydrogens is 294 g/mol. The minimum atomic E-state index is -0.103. The van der Waals surface area contributed by atoms with Crippen LogP contribution >= 0.6 is 15.9 Å². The summed E-state index contributed by atoms with van der Waals surface area (Å²) in [6, 6.07) is 13.0. The minimum Gasteiger partial charge on any atom is -0.450 e. The molecule has 92 valence electrons. The van der Waals surface area contributed by atoms with Crippen LogP contribution in [-0.4, -0.2) is 13.0 Å². The standard InChI is InChI=1S/C14H12BrNO2/c1-16(11-5-3-2-4-6-11)14(17)10-8-12-7-9-13(15)18-12/h2-10H,1H3/b10-8+. The van der Waals surface area contributed by atoms with Gasteiger partial charge in [0.05, 0.1) is 0 Å². The molecule has 0 aliphatic heterocycles. The molecule has 0 fully saturated rings. The molecule has 0 bridgehead atoms. The van der Waals surface area contributed by atoms with Crippen molar-refractivity contribution in [3.63, 3.8) is 0 Å². The van der Waals surface area contributed by atoms with Gasteiger partial charge in [-0.25, -0.2) is 0 Å². The number of carbonyl (C=O) groups is 1. The van der Waals surface area contributed by atoms with Gasteiger partial charge in [0.1, 0.15) is 5.76 Å². The number of anilines is 1. The van der Waals surface area contributed by atoms with Crippen molar-refractivity contribution in [3.8, 4) is 0 Å². The Hall–Kier alpha value is -1.81. The lowest BCUT2D eigenvalue weighted by Gasteiger charge is -2.14. The molecule has 2 aromatic rings. The molecule has 0 atom stereocenters. The topological polar surface area (TPSA) is 33.5 Å². The molecule has 4 heteroatoms. The molecule has 2 rings (SSSR count). The second-order valence-corrected chi connectivity index (χ2v) is 4.49. The summed E-state index contributed by atoms with van der Waals surface area (Å²) in [5.41, 5.74) is 0.854. The zero-order chi connectivity index (χ0) is 13.0. The highest BCUT2D eigenvalue weighted by atomic mass is 79.9. The van der Waals surface area contributed by atoms with E-state index in [1.54, 1.807) is 30.2 Å². The Bertz CT molecular complexity index is 560. The van der Waals surface area contributed by atoms with E-state index in [0.29, 0.717) is 10.4 Å². The van der Waals surface area contributed by atoms with Crippen LogP contribution in [0.1, 0.15) is 5.76 Å². The first kappa shape index (κ1) is 12.6. The highest BCUT2D eigenvalue weighted by Gasteiger charge is 2.06. The van der Waals surface area contributed by atoms with E-state index in [2.05, 4.69) is 15.9 Å². The zero-order valence-electron chi connectivity index (χ0n) is 9.84. The SMILES string of the molecule is CN(C(=O)/C=C/c1ccc(Br)o1)c1ccccc1. The van der Waals surface area contributed by atoms with Crippen LogP contribution in [0.25, 0.3) is 6.08 Å². The predicted octanol–water partition coefficient (Wildman–Crippen LogP) is 3.72. The molecule has 0 aliphatic carbocycles. The predicted molar refractivity (Wildman–Crippen MR) is 75.3 cm³/mol. The number of halogens is 1. The molecule has 1 aromatic carbocycles. The maximum absolute atomic E-state index is 11.9. The van der Waals surface area contributed by atoms with Gasteiger partial charge >= 0.3 is 0 Å². The molecule has 0 saturated carbocycles. The van der Waals surface area contributed by atoms with Gasteiger partial charge in [0.25, 0.3) is 5.91 Å². The Balaban J connectivity index is 2.06. The van der Waals surface area contributed by atoms with Crippen molar-refractivity contribution in [2.75, 3.05) is 11.9 Å².